The summed E-state index contributed by atoms with van der Waals surface area (Å²) in [5.41, 5.74) is 1.85. The van der Waals surface area contributed by atoms with Crippen molar-refractivity contribution in [2.75, 3.05) is 5.32 Å². The number of hydrogen-bond donors (Lipinski definition) is 1. The average Bonchev–Trinajstić information content (AvgIpc) is 3.39. The number of nitro benzene ring substituents is 1. The monoisotopic (exact) mass is 466 g/mol. The maximum absolute atomic E-state index is 12.6. The third-order valence-electron chi connectivity index (χ3n) is 4.76. The first-order chi connectivity index (χ1) is 15.9. The van der Waals surface area contributed by atoms with Gasteiger partial charge in [0.1, 0.15) is 18.1 Å². The number of nitrogens with one attached hydrogen (secondary N) is 1. The fraction of sp³-hybridized carbons (Fsp3) is 0.130. The molecule has 1 N–H and O–H groups in total. The van der Waals surface area contributed by atoms with Crippen LogP contribution in [0, 0.1) is 17.0 Å². The minimum atomic E-state index is -0.483. The van der Waals surface area contributed by atoms with Crippen LogP contribution in [0.15, 0.2) is 71.1 Å². The number of nitro groups is 1. The van der Waals surface area contributed by atoms with Gasteiger partial charge >= 0.3 is 0 Å². The van der Waals surface area contributed by atoms with Crippen molar-refractivity contribution >= 4 is 29.0 Å². The van der Waals surface area contributed by atoms with Crippen LogP contribution in [0.3, 0.4) is 0 Å². The average molecular weight is 467 g/mol. The summed E-state index contributed by atoms with van der Waals surface area (Å²) in [6.07, 6.45) is 0. The molecule has 0 fully saturated rings. The van der Waals surface area contributed by atoms with Crippen molar-refractivity contribution in [1.82, 2.24) is 9.78 Å². The van der Waals surface area contributed by atoms with Crippen molar-refractivity contribution in [2.45, 2.75) is 20.1 Å². The Morgan fingerprint density at radius 2 is 1.97 bits per heavy atom. The molecule has 0 saturated carbocycles. The van der Waals surface area contributed by atoms with Crippen LogP contribution < -0.4 is 10.1 Å². The second-order valence-corrected chi connectivity index (χ2v) is 7.65. The van der Waals surface area contributed by atoms with Gasteiger partial charge in [0.05, 0.1) is 11.5 Å². The van der Waals surface area contributed by atoms with Crippen molar-refractivity contribution in [1.29, 1.82) is 0 Å². The highest BCUT2D eigenvalue weighted by Crippen LogP contribution is 2.20. The summed E-state index contributed by atoms with van der Waals surface area (Å²) in [5, 5.41) is 18.5. The van der Waals surface area contributed by atoms with Gasteiger partial charge in [-0.3, -0.25) is 19.6 Å². The summed E-state index contributed by atoms with van der Waals surface area (Å²) in [4.78, 5) is 22.8. The maximum atomic E-state index is 12.6. The SMILES string of the molecule is Cc1cc(NC(=O)c2ccc(COc3ccc([N+](=O)[O-])cc3)o2)nn1Cc1cccc(Cl)c1. The highest BCUT2D eigenvalue weighted by Gasteiger charge is 2.15. The van der Waals surface area contributed by atoms with Gasteiger partial charge in [0, 0.05) is 28.9 Å². The highest BCUT2D eigenvalue weighted by molar-refractivity contribution is 6.30. The molecule has 0 aliphatic rings. The van der Waals surface area contributed by atoms with E-state index in [4.69, 9.17) is 20.8 Å². The summed E-state index contributed by atoms with van der Waals surface area (Å²) in [6.45, 7) is 2.49. The summed E-state index contributed by atoms with van der Waals surface area (Å²) in [7, 11) is 0. The van der Waals surface area contributed by atoms with E-state index in [2.05, 4.69) is 10.4 Å². The molecule has 4 aromatic rings. The summed E-state index contributed by atoms with van der Waals surface area (Å²) in [5.74, 6) is 0.952. The standard InChI is InChI=1S/C23H19ClN4O5/c1-15-11-22(26-27(15)13-16-3-2-4-17(24)12-16)25-23(29)21-10-9-20(33-21)14-32-19-7-5-18(6-8-19)28(30)31/h2-12H,13-14H2,1H3,(H,25,26,29). The number of carbonyl (C=O) groups is 1. The minimum absolute atomic E-state index is 0.0236. The van der Waals surface area contributed by atoms with Crippen LogP contribution in [-0.4, -0.2) is 20.6 Å². The van der Waals surface area contributed by atoms with Crippen molar-refractivity contribution < 1.29 is 18.9 Å². The Morgan fingerprint density at radius 1 is 1.18 bits per heavy atom. The number of rotatable bonds is 8. The molecule has 10 heteroatoms. The normalized spacial score (nSPS) is 10.7. The van der Waals surface area contributed by atoms with E-state index in [-0.39, 0.29) is 18.1 Å². The zero-order valence-corrected chi connectivity index (χ0v) is 18.3. The van der Waals surface area contributed by atoms with Gasteiger partial charge < -0.3 is 14.5 Å². The highest BCUT2D eigenvalue weighted by atomic mass is 35.5. The number of amides is 1. The fourth-order valence-electron chi connectivity index (χ4n) is 3.11. The zero-order valence-electron chi connectivity index (χ0n) is 17.5. The molecule has 4 rings (SSSR count). The third kappa shape index (κ3) is 5.58. The molecular weight excluding hydrogens is 448 g/mol. The van der Waals surface area contributed by atoms with E-state index in [1.165, 1.54) is 24.3 Å². The van der Waals surface area contributed by atoms with Crippen molar-refractivity contribution in [3.63, 3.8) is 0 Å². The molecule has 0 spiro atoms. The maximum Gasteiger partial charge on any atom is 0.292 e. The topological polar surface area (TPSA) is 112 Å². The lowest BCUT2D eigenvalue weighted by molar-refractivity contribution is -0.384. The molecule has 2 heterocycles. The number of hydrogen-bond acceptors (Lipinski definition) is 6. The van der Waals surface area contributed by atoms with E-state index in [0.717, 1.165) is 11.3 Å². The Labute approximate surface area is 193 Å². The van der Waals surface area contributed by atoms with Crippen molar-refractivity contribution in [2.24, 2.45) is 0 Å². The van der Waals surface area contributed by atoms with Gasteiger partial charge in [0.15, 0.2) is 11.6 Å². The third-order valence-corrected chi connectivity index (χ3v) is 4.99. The number of anilines is 1. The van der Waals surface area contributed by atoms with Crippen molar-refractivity contribution in [3.05, 3.63) is 105 Å². The number of aromatic nitrogens is 2. The predicted octanol–water partition coefficient (Wildman–Crippen LogP) is 5.23. The number of benzene rings is 2. The van der Waals surface area contributed by atoms with Crippen LogP contribution in [0.4, 0.5) is 11.5 Å². The second-order valence-electron chi connectivity index (χ2n) is 7.22. The van der Waals surface area contributed by atoms with E-state index in [9.17, 15) is 14.9 Å². The lowest BCUT2D eigenvalue weighted by Crippen LogP contribution is -2.12. The molecule has 33 heavy (non-hydrogen) atoms. The van der Waals surface area contributed by atoms with Gasteiger partial charge in [0.25, 0.3) is 11.6 Å². The minimum Gasteiger partial charge on any atom is -0.486 e. The molecule has 0 bridgehead atoms. The number of furan rings is 1. The van der Waals surface area contributed by atoms with Crippen LogP contribution >= 0.6 is 11.6 Å². The molecule has 0 unspecified atom stereocenters. The Balaban J connectivity index is 1.35. The van der Waals surface area contributed by atoms with Crippen LogP contribution in [0.1, 0.15) is 27.6 Å². The number of halogens is 1. The Kier molecular flexibility index (Phi) is 6.41. The molecule has 2 aromatic heterocycles. The second kappa shape index (κ2) is 9.58. The molecule has 0 aliphatic carbocycles. The number of non-ortho nitro benzene ring substituents is 1. The summed E-state index contributed by atoms with van der Waals surface area (Å²) < 4.78 is 12.9. The van der Waals surface area contributed by atoms with E-state index < -0.39 is 10.8 Å². The fourth-order valence-corrected chi connectivity index (χ4v) is 3.33. The molecule has 2 aromatic carbocycles. The number of ether oxygens (including phenoxy) is 1. The van der Waals surface area contributed by atoms with E-state index in [0.29, 0.717) is 28.9 Å². The molecule has 9 nitrogen and oxygen atoms in total. The van der Waals surface area contributed by atoms with Gasteiger partial charge in [-0.25, -0.2) is 0 Å². The molecule has 0 radical (unpaired) electrons. The summed E-state index contributed by atoms with van der Waals surface area (Å²) >= 11 is 6.04. The van der Waals surface area contributed by atoms with Crippen LogP contribution in [0.25, 0.3) is 0 Å². The molecular formula is C23H19ClN4O5. The largest absolute Gasteiger partial charge is 0.486 e. The van der Waals surface area contributed by atoms with Crippen LogP contribution in [0.2, 0.25) is 5.02 Å². The number of carbonyl (C=O) groups excluding carboxylic acids is 1. The summed E-state index contributed by atoms with van der Waals surface area (Å²) in [6, 6.07) is 18.1. The molecule has 0 atom stereocenters. The Hall–Kier alpha value is -4.11. The van der Waals surface area contributed by atoms with Gasteiger partial charge in [-0.15, -0.1) is 0 Å². The predicted molar refractivity (Wildman–Crippen MR) is 122 cm³/mol. The van der Waals surface area contributed by atoms with E-state index in [1.807, 2.05) is 25.1 Å². The first-order valence-corrected chi connectivity index (χ1v) is 10.3. The zero-order chi connectivity index (χ0) is 23.4. The smallest absolute Gasteiger partial charge is 0.292 e. The Bertz CT molecular complexity index is 1300. The van der Waals surface area contributed by atoms with E-state index in [1.54, 1.807) is 28.9 Å². The van der Waals surface area contributed by atoms with Crippen molar-refractivity contribution in [3.8, 4) is 5.75 Å². The van der Waals surface area contributed by atoms with E-state index >= 15 is 0 Å². The number of aryl methyl sites for hydroxylation is 1. The molecule has 1 amide bonds. The quantitative estimate of drug-likeness (QED) is 0.281. The van der Waals surface area contributed by atoms with Gasteiger partial charge in [-0.1, -0.05) is 23.7 Å². The first kappa shape index (κ1) is 22.1. The van der Waals surface area contributed by atoms with Gasteiger partial charge in [-0.2, -0.15) is 5.10 Å². The van der Waals surface area contributed by atoms with Gasteiger partial charge in [0.2, 0.25) is 0 Å². The lowest BCUT2D eigenvalue weighted by Gasteiger charge is -2.05. The first-order valence-electron chi connectivity index (χ1n) is 9.93. The molecule has 168 valence electrons. The van der Waals surface area contributed by atoms with Crippen LogP contribution in [-0.2, 0) is 13.2 Å². The van der Waals surface area contributed by atoms with Gasteiger partial charge in [-0.05, 0) is 48.9 Å². The molecule has 0 aliphatic heterocycles. The Morgan fingerprint density at radius 3 is 2.70 bits per heavy atom. The number of nitrogens with zero attached hydrogens (tertiary/aromatic N) is 3. The molecule has 0 saturated heterocycles. The lowest BCUT2D eigenvalue weighted by atomic mass is 10.2. The van der Waals surface area contributed by atoms with Crippen LogP contribution in [0.5, 0.6) is 5.75 Å².